The molecule has 1 atom stereocenters. The number of aliphatic hydroxyl groups is 2. The van der Waals surface area contributed by atoms with Gasteiger partial charge < -0.3 is 20.3 Å². The molecule has 0 amide bonds. The average molecular weight is 294 g/mol. The molecule has 0 aliphatic heterocycles. The number of halogens is 2. The van der Waals surface area contributed by atoms with Crippen LogP contribution in [0.2, 0.25) is 10.0 Å². The average Bonchev–Trinajstić information content (AvgIpc) is 2.33. The quantitative estimate of drug-likeness (QED) is 0.639. The first-order chi connectivity index (χ1) is 8.63. The zero-order valence-electron chi connectivity index (χ0n) is 9.90. The minimum Gasteiger partial charge on any atom is -0.489 e. The van der Waals surface area contributed by atoms with Gasteiger partial charge in [-0.15, -0.1) is 0 Å². The number of nitrogens with one attached hydrogen (secondary N) is 1. The van der Waals surface area contributed by atoms with E-state index < -0.39 is 6.10 Å². The van der Waals surface area contributed by atoms with Crippen molar-refractivity contribution in [3.8, 4) is 5.75 Å². The van der Waals surface area contributed by atoms with Crippen molar-refractivity contribution in [2.45, 2.75) is 12.5 Å². The maximum absolute atomic E-state index is 9.64. The van der Waals surface area contributed by atoms with E-state index in [-0.39, 0.29) is 13.2 Å². The Kier molecular flexibility index (Phi) is 7.39. The van der Waals surface area contributed by atoms with Gasteiger partial charge in [-0.1, -0.05) is 23.2 Å². The Labute approximate surface area is 116 Å². The van der Waals surface area contributed by atoms with E-state index in [4.69, 9.17) is 33.0 Å². The van der Waals surface area contributed by atoms with E-state index in [9.17, 15) is 5.11 Å². The molecule has 102 valence electrons. The lowest BCUT2D eigenvalue weighted by atomic mass is 10.3. The predicted octanol–water partition coefficient (Wildman–Crippen LogP) is 1.71. The third-order valence-corrected chi connectivity index (χ3v) is 2.75. The molecule has 0 bridgehead atoms. The fourth-order valence-corrected chi connectivity index (χ4v) is 1.77. The van der Waals surface area contributed by atoms with E-state index in [2.05, 4.69) is 5.32 Å². The zero-order chi connectivity index (χ0) is 13.4. The van der Waals surface area contributed by atoms with Crippen molar-refractivity contribution < 1.29 is 14.9 Å². The van der Waals surface area contributed by atoms with Gasteiger partial charge in [-0.05, 0) is 31.2 Å². The normalized spacial score (nSPS) is 12.4. The summed E-state index contributed by atoms with van der Waals surface area (Å²) in [5.41, 5.74) is 0. The summed E-state index contributed by atoms with van der Waals surface area (Å²) < 4.78 is 5.38. The van der Waals surface area contributed by atoms with Crippen molar-refractivity contribution >= 4 is 23.2 Å². The van der Waals surface area contributed by atoms with Gasteiger partial charge >= 0.3 is 0 Å². The van der Waals surface area contributed by atoms with Gasteiger partial charge in [0.2, 0.25) is 0 Å². The molecule has 1 unspecified atom stereocenters. The van der Waals surface area contributed by atoms with Gasteiger partial charge in [0, 0.05) is 18.2 Å². The van der Waals surface area contributed by atoms with E-state index in [0.29, 0.717) is 35.3 Å². The lowest BCUT2D eigenvalue weighted by Gasteiger charge is -2.14. The summed E-state index contributed by atoms with van der Waals surface area (Å²) in [6.07, 6.45) is 0.0341. The number of hydrogen-bond acceptors (Lipinski definition) is 4. The molecular formula is C12H17Cl2NO3. The van der Waals surface area contributed by atoms with Crippen molar-refractivity contribution in [1.29, 1.82) is 0 Å². The number of rotatable bonds is 8. The Balaban J connectivity index is 2.27. The highest BCUT2D eigenvalue weighted by molar-refractivity contribution is 6.35. The Morgan fingerprint density at radius 2 is 2.11 bits per heavy atom. The van der Waals surface area contributed by atoms with Crippen molar-refractivity contribution in [3.05, 3.63) is 28.2 Å². The van der Waals surface area contributed by atoms with Gasteiger partial charge in [-0.3, -0.25) is 0 Å². The van der Waals surface area contributed by atoms with Gasteiger partial charge in [0.1, 0.15) is 18.5 Å². The Morgan fingerprint density at radius 1 is 1.33 bits per heavy atom. The van der Waals surface area contributed by atoms with Crippen LogP contribution in [0, 0.1) is 0 Å². The van der Waals surface area contributed by atoms with Crippen molar-refractivity contribution in [3.63, 3.8) is 0 Å². The standard InChI is InChI=1S/C12H17Cl2NO3/c13-9-2-3-12(11(14)6-9)18-8-10(17)7-15-4-1-5-16/h2-3,6,10,15-17H,1,4-5,7-8H2. The van der Waals surface area contributed by atoms with Gasteiger partial charge in [0.15, 0.2) is 0 Å². The van der Waals surface area contributed by atoms with Crippen molar-refractivity contribution in [2.24, 2.45) is 0 Å². The van der Waals surface area contributed by atoms with E-state index in [1.54, 1.807) is 18.2 Å². The Hall–Kier alpha value is -0.520. The second-order valence-corrected chi connectivity index (χ2v) is 4.66. The highest BCUT2D eigenvalue weighted by Gasteiger charge is 2.07. The van der Waals surface area contributed by atoms with Crippen LogP contribution in [0.3, 0.4) is 0 Å². The molecule has 0 aromatic heterocycles. The molecular weight excluding hydrogens is 277 g/mol. The van der Waals surface area contributed by atoms with Crippen LogP contribution >= 0.6 is 23.2 Å². The molecule has 0 saturated heterocycles. The zero-order valence-corrected chi connectivity index (χ0v) is 11.4. The number of ether oxygens (including phenoxy) is 1. The van der Waals surface area contributed by atoms with Crippen molar-refractivity contribution in [2.75, 3.05) is 26.3 Å². The summed E-state index contributed by atoms with van der Waals surface area (Å²) in [5.74, 6) is 0.496. The minimum absolute atomic E-state index is 0.139. The van der Waals surface area contributed by atoms with Gasteiger partial charge in [-0.25, -0.2) is 0 Å². The summed E-state index contributed by atoms with van der Waals surface area (Å²) in [5, 5.41) is 22.2. The Bertz CT molecular complexity index is 363. The van der Waals surface area contributed by atoms with Crippen LogP contribution in [0.4, 0.5) is 0 Å². The molecule has 1 rings (SSSR count). The maximum atomic E-state index is 9.64. The first-order valence-electron chi connectivity index (χ1n) is 5.71. The highest BCUT2D eigenvalue weighted by Crippen LogP contribution is 2.27. The van der Waals surface area contributed by atoms with Gasteiger partial charge in [0.25, 0.3) is 0 Å². The molecule has 0 aliphatic carbocycles. The summed E-state index contributed by atoms with van der Waals surface area (Å²) in [7, 11) is 0. The molecule has 0 fully saturated rings. The maximum Gasteiger partial charge on any atom is 0.138 e. The molecule has 3 N–H and O–H groups in total. The van der Waals surface area contributed by atoms with Crippen LogP contribution in [-0.4, -0.2) is 42.6 Å². The highest BCUT2D eigenvalue weighted by atomic mass is 35.5. The van der Waals surface area contributed by atoms with E-state index in [1.165, 1.54) is 0 Å². The molecule has 0 heterocycles. The molecule has 18 heavy (non-hydrogen) atoms. The van der Waals surface area contributed by atoms with E-state index in [0.717, 1.165) is 0 Å². The monoisotopic (exact) mass is 293 g/mol. The molecule has 0 spiro atoms. The predicted molar refractivity (Wildman–Crippen MR) is 72.5 cm³/mol. The first kappa shape index (κ1) is 15.5. The molecule has 6 heteroatoms. The molecule has 0 saturated carbocycles. The minimum atomic E-state index is -0.629. The topological polar surface area (TPSA) is 61.7 Å². The summed E-state index contributed by atoms with van der Waals surface area (Å²) in [4.78, 5) is 0. The van der Waals surface area contributed by atoms with E-state index in [1.807, 2.05) is 0 Å². The lowest BCUT2D eigenvalue weighted by Crippen LogP contribution is -2.32. The first-order valence-corrected chi connectivity index (χ1v) is 6.46. The Morgan fingerprint density at radius 3 is 2.78 bits per heavy atom. The fraction of sp³-hybridized carbons (Fsp3) is 0.500. The van der Waals surface area contributed by atoms with Crippen LogP contribution < -0.4 is 10.1 Å². The molecule has 4 nitrogen and oxygen atoms in total. The number of hydrogen-bond donors (Lipinski definition) is 3. The van der Waals surface area contributed by atoms with Crippen LogP contribution in [0.5, 0.6) is 5.75 Å². The van der Waals surface area contributed by atoms with Crippen LogP contribution in [0.15, 0.2) is 18.2 Å². The lowest BCUT2D eigenvalue weighted by molar-refractivity contribution is 0.106. The molecule has 0 aliphatic rings. The fourth-order valence-electron chi connectivity index (χ4n) is 1.31. The smallest absolute Gasteiger partial charge is 0.138 e. The van der Waals surface area contributed by atoms with E-state index >= 15 is 0 Å². The van der Waals surface area contributed by atoms with Crippen molar-refractivity contribution in [1.82, 2.24) is 5.32 Å². The second kappa shape index (κ2) is 8.56. The summed E-state index contributed by atoms with van der Waals surface area (Å²) in [6.45, 7) is 1.36. The SMILES string of the molecule is OCCCNCC(O)COc1ccc(Cl)cc1Cl. The van der Waals surface area contributed by atoms with Crippen LogP contribution in [-0.2, 0) is 0 Å². The van der Waals surface area contributed by atoms with Gasteiger partial charge in [-0.2, -0.15) is 0 Å². The molecule has 0 radical (unpaired) electrons. The number of aliphatic hydroxyl groups excluding tert-OH is 2. The molecule has 1 aromatic rings. The third-order valence-electron chi connectivity index (χ3n) is 2.22. The summed E-state index contributed by atoms with van der Waals surface area (Å²) in [6, 6.07) is 4.93. The van der Waals surface area contributed by atoms with Gasteiger partial charge in [0.05, 0.1) is 5.02 Å². The van der Waals surface area contributed by atoms with Crippen LogP contribution in [0.25, 0.3) is 0 Å². The second-order valence-electron chi connectivity index (χ2n) is 3.82. The number of benzene rings is 1. The molecule has 1 aromatic carbocycles. The van der Waals surface area contributed by atoms with Crippen LogP contribution in [0.1, 0.15) is 6.42 Å². The largest absolute Gasteiger partial charge is 0.489 e. The third kappa shape index (κ3) is 5.89. The summed E-state index contributed by atoms with van der Waals surface area (Å²) >= 11 is 11.7.